The second-order valence-corrected chi connectivity index (χ2v) is 5.26. The molecule has 2 aliphatic rings. The number of aliphatic imine (C=N–C) groups is 1. The summed E-state index contributed by atoms with van der Waals surface area (Å²) >= 11 is 0. The number of hydrogen-bond acceptors (Lipinski definition) is 4. The van der Waals surface area contributed by atoms with Gasteiger partial charge in [-0.25, -0.2) is 15.4 Å². The molecule has 0 saturated heterocycles. The van der Waals surface area contributed by atoms with Crippen LogP contribution in [0.5, 0.6) is 0 Å². The molecular weight excluding hydrogens is 271 g/mol. The van der Waals surface area contributed by atoms with Gasteiger partial charge in [0.2, 0.25) is 5.84 Å². The Hall–Kier alpha value is -1.57. The Kier molecular flexibility index (Phi) is 3.19. The van der Waals surface area contributed by atoms with Crippen molar-refractivity contribution in [3.8, 4) is 0 Å². The van der Waals surface area contributed by atoms with E-state index in [1.54, 1.807) is 7.05 Å². The molecule has 3 rings (SSSR count). The van der Waals surface area contributed by atoms with Crippen LogP contribution in [0.2, 0.25) is 0 Å². The third kappa shape index (κ3) is 2.39. The van der Waals surface area contributed by atoms with Gasteiger partial charge >= 0.3 is 6.18 Å². The topological polar surface area (TPSA) is 45.5 Å². The van der Waals surface area contributed by atoms with Crippen LogP contribution >= 0.6 is 0 Å². The van der Waals surface area contributed by atoms with Gasteiger partial charge in [0.15, 0.2) is 5.82 Å². The third-order valence-corrected chi connectivity index (χ3v) is 3.70. The minimum atomic E-state index is -4.48. The van der Waals surface area contributed by atoms with Crippen LogP contribution < -0.4 is 5.43 Å². The molecule has 5 nitrogen and oxygen atoms in total. The highest BCUT2D eigenvalue weighted by atomic mass is 19.4. The molecule has 0 spiro atoms. The lowest BCUT2D eigenvalue weighted by atomic mass is 10.2. The number of fused-ring (bicyclic) bond motifs is 1. The second kappa shape index (κ2) is 4.76. The highest BCUT2D eigenvalue weighted by Gasteiger charge is 2.43. The van der Waals surface area contributed by atoms with Crippen LogP contribution in [-0.2, 0) is 13.6 Å². The Morgan fingerprint density at radius 1 is 1.30 bits per heavy atom. The minimum absolute atomic E-state index is 0.0883. The molecule has 8 heteroatoms. The first-order chi connectivity index (χ1) is 9.45. The van der Waals surface area contributed by atoms with E-state index < -0.39 is 12.0 Å². The van der Waals surface area contributed by atoms with E-state index in [4.69, 9.17) is 0 Å². The molecule has 0 unspecified atom stereocenters. The lowest BCUT2D eigenvalue weighted by Crippen LogP contribution is -2.52. The van der Waals surface area contributed by atoms with E-state index in [0.29, 0.717) is 5.69 Å². The van der Waals surface area contributed by atoms with E-state index in [-0.39, 0.29) is 18.4 Å². The van der Waals surface area contributed by atoms with Crippen LogP contribution in [-0.4, -0.2) is 32.6 Å². The van der Waals surface area contributed by atoms with Crippen molar-refractivity contribution in [2.75, 3.05) is 0 Å². The quantitative estimate of drug-likeness (QED) is 0.907. The Bertz CT molecular complexity index is 528. The summed E-state index contributed by atoms with van der Waals surface area (Å²) in [6, 6.07) is 0.0906. The molecule has 1 aliphatic carbocycles. The summed E-state index contributed by atoms with van der Waals surface area (Å²) in [6.45, 7) is 0.0883. The van der Waals surface area contributed by atoms with Gasteiger partial charge < -0.3 is 4.57 Å². The van der Waals surface area contributed by atoms with Crippen LogP contribution in [0.4, 0.5) is 19.0 Å². The molecule has 110 valence electrons. The molecule has 1 aromatic heterocycles. The molecule has 0 amide bonds. The van der Waals surface area contributed by atoms with Gasteiger partial charge in [-0.15, -0.1) is 0 Å². The maximum atomic E-state index is 13.2. The van der Waals surface area contributed by atoms with Crippen molar-refractivity contribution >= 4 is 11.7 Å². The van der Waals surface area contributed by atoms with Gasteiger partial charge in [0.25, 0.3) is 0 Å². The van der Waals surface area contributed by atoms with Crippen molar-refractivity contribution < 1.29 is 13.2 Å². The zero-order valence-corrected chi connectivity index (χ0v) is 11.1. The lowest BCUT2D eigenvalue weighted by Gasteiger charge is -2.32. The van der Waals surface area contributed by atoms with Gasteiger partial charge in [0, 0.05) is 13.1 Å². The van der Waals surface area contributed by atoms with E-state index in [9.17, 15) is 13.2 Å². The summed E-state index contributed by atoms with van der Waals surface area (Å²) in [7, 11) is 1.64. The van der Waals surface area contributed by atoms with E-state index in [0.717, 1.165) is 30.7 Å². The molecule has 0 bridgehead atoms. The summed E-state index contributed by atoms with van der Waals surface area (Å²) in [5.41, 5.74) is 3.52. The number of hydrazine groups is 1. The van der Waals surface area contributed by atoms with Crippen molar-refractivity contribution in [1.29, 1.82) is 0 Å². The Morgan fingerprint density at radius 3 is 2.65 bits per heavy atom. The summed E-state index contributed by atoms with van der Waals surface area (Å²) in [5.74, 6) is -0.609. The highest BCUT2D eigenvalue weighted by Crippen LogP contribution is 2.31. The molecular formula is C12H16F3N5. The van der Waals surface area contributed by atoms with Gasteiger partial charge in [-0.3, -0.25) is 5.01 Å². The summed E-state index contributed by atoms with van der Waals surface area (Å²) in [6.07, 6.45) is 0.917. The number of aryl methyl sites for hydroxylation is 1. The normalized spacial score (nSPS) is 20.2. The van der Waals surface area contributed by atoms with Gasteiger partial charge in [-0.05, 0) is 12.8 Å². The average molecular weight is 287 g/mol. The first kappa shape index (κ1) is 13.4. The zero-order chi connectivity index (χ0) is 14.3. The summed E-state index contributed by atoms with van der Waals surface area (Å²) in [4.78, 5) is 7.86. The maximum Gasteiger partial charge on any atom is 0.450 e. The first-order valence-electron chi connectivity index (χ1n) is 6.65. The largest absolute Gasteiger partial charge is 0.450 e. The highest BCUT2D eigenvalue weighted by molar-refractivity contribution is 5.90. The van der Waals surface area contributed by atoms with Crippen LogP contribution in [0.1, 0.15) is 31.4 Å². The van der Waals surface area contributed by atoms with Crippen molar-refractivity contribution in [2.45, 2.75) is 44.4 Å². The number of imidazole rings is 1. The van der Waals surface area contributed by atoms with Gasteiger partial charge in [-0.1, -0.05) is 12.8 Å². The number of nitrogens with zero attached hydrogens (tertiary/aromatic N) is 4. The number of halogens is 3. The predicted molar refractivity (Wildman–Crippen MR) is 67.3 cm³/mol. The van der Waals surface area contributed by atoms with Crippen molar-refractivity contribution in [3.05, 3.63) is 12.0 Å². The number of alkyl halides is 3. The lowest BCUT2D eigenvalue weighted by molar-refractivity contribution is -0.0732. The van der Waals surface area contributed by atoms with Crippen molar-refractivity contribution in [3.63, 3.8) is 0 Å². The number of nitrogens with one attached hydrogen (secondary N) is 1. The van der Waals surface area contributed by atoms with E-state index in [2.05, 4.69) is 15.4 Å². The van der Waals surface area contributed by atoms with Crippen LogP contribution in [0.3, 0.4) is 0 Å². The second-order valence-electron chi connectivity index (χ2n) is 5.26. The molecule has 1 saturated carbocycles. The monoisotopic (exact) mass is 287 g/mol. The molecule has 2 heterocycles. The third-order valence-electron chi connectivity index (χ3n) is 3.70. The number of rotatable bonds is 2. The van der Waals surface area contributed by atoms with Gasteiger partial charge in [0.05, 0.1) is 12.9 Å². The van der Waals surface area contributed by atoms with Crippen molar-refractivity contribution in [1.82, 2.24) is 20.0 Å². The zero-order valence-electron chi connectivity index (χ0n) is 11.1. The standard InChI is InChI=1S/C12H16F3N5/c1-19-7-16-9-6-20(18-8-4-2-3-5-8)11(12(13,14)15)17-10(9)19/h7-8,18H,2-6H2,1H3. The maximum absolute atomic E-state index is 13.2. The fraction of sp³-hybridized carbons (Fsp3) is 0.667. The smallest absolute Gasteiger partial charge is 0.319 e. The van der Waals surface area contributed by atoms with Crippen LogP contribution in [0.25, 0.3) is 0 Å². The van der Waals surface area contributed by atoms with Crippen LogP contribution in [0.15, 0.2) is 11.3 Å². The molecule has 0 aromatic carbocycles. The van der Waals surface area contributed by atoms with E-state index in [1.807, 2.05) is 0 Å². The molecule has 0 atom stereocenters. The molecule has 1 fully saturated rings. The van der Waals surface area contributed by atoms with E-state index in [1.165, 1.54) is 10.9 Å². The number of amidine groups is 1. The first-order valence-corrected chi connectivity index (χ1v) is 6.65. The number of hydrogen-bond donors (Lipinski definition) is 1. The fourth-order valence-electron chi connectivity index (χ4n) is 2.71. The minimum Gasteiger partial charge on any atom is -0.319 e. The molecule has 1 N–H and O–H groups in total. The number of aromatic nitrogens is 2. The summed E-state index contributed by atoms with van der Waals surface area (Å²) < 4.78 is 41.0. The average Bonchev–Trinajstić information content (AvgIpc) is 2.98. The van der Waals surface area contributed by atoms with E-state index >= 15 is 0 Å². The van der Waals surface area contributed by atoms with Crippen molar-refractivity contribution in [2.24, 2.45) is 12.0 Å². The molecule has 0 radical (unpaired) electrons. The Balaban J connectivity index is 1.89. The SMILES string of the molecule is Cn1cnc2c1N=C(C(F)(F)F)N(NC1CCCC1)C2. The van der Waals surface area contributed by atoms with Gasteiger partial charge in [0.1, 0.15) is 5.69 Å². The predicted octanol–water partition coefficient (Wildman–Crippen LogP) is 2.28. The fourth-order valence-corrected chi connectivity index (χ4v) is 2.71. The van der Waals surface area contributed by atoms with Crippen LogP contribution in [0, 0.1) is 0 Å². The Labute approximate surface area is 114 Å². The van der Waals surface area contributed by atoms with Gasteiger partial charge in [-0.2, -0.15) is 13.2 Å². The molecule has 1 aromatic rings. The summed E-state index contributed by atoms with van der Waals surface area (Å²) in [5, 5.41) is 1.10. The Morgan fingerprint density at radius 2 is 2.00 bits per heavy atom. The molecule has 1 aliphatic heterocycles. The molecule has 20 heavy (non-hydrogen) atoms.